The number of nitrogens with zero attached hydrogens (tertiary/aromatic N) is 1. The summed E-state index contributed by atoms with van der Waals surface area (Å²) in [6, 6.07) is 7.48. The molecule has 1 aromatic rings. The van der Waals surface area contributed by atoms with Gasteiger partial charge >= 0.3 is 6.03 Å². The van der Waals surface area contributed by atoms with E-state index in [1.807, 2.05) is 36.1 Å². The number of nitrogens with two attached hydrogens (primary N) is 1. The van der Waals surface area contributed by atoms with Crippen molar-refractivity contribution < 1.29 is 9.53 Å². The van der Waals surface area contributed by atoms with Crippen LogP contribution < -0.4 is 15.8 Å². The number of benzene rings is 1. The summed E-state index contributed by atoms with van der Waals surface area (Å²) >= 11 is 0. The van der Waals surface area contributed by atoms with Crippen LogP contribution in [0.4, 0.5) is 10.5 Å². The first-order chi connectivity index (χ1) is 10.7. The van der Waals surface area contributed by atoms with Crippen molar-refractivity contribution in [1.82, 2.24) is 4.90 Å². The molecule has 1 aliphatic rings. The first-order valence-electron chi connectivity index (χ1n) is 8.25. The molecule has 0 saturated carbocycles. The van der Waals surface area contributed by atoms with Crippen molar-refractivity contribution in [1.29, 1.82) is 0 Å². The van der Waals surface area contributed by atoms with Crippen LogP contribution >= 0.6 is 0 Å². The first-order valence-corrected chi connectivity index (χ1v) is 8.25. The van der Waals surface area contributed by atoms with E-state index in [0.717, 1.165) is 24.3 Å². The summed E-state index contributed by atoms with van der Waals surface area (Å²) in [5, 5.41) is 3.00. The highest BCUT2D eigenvalue weighted by Crippen LogP contribution is 2.38. The van der Waals surface area contributed by atoms with Crippen LogP contribution in [0.15, 0.2) is 24.3 Å². The van der Waals surface area contributed by atoms with Crippen molar-refractivity contribution in [3.05, 3.63) is 24.3 Å². The Labute approximate surface area is 139 Å². The van der Waals surface area contributed by atoms with Crippen LogP contribution in [0.25, 0.3) is 0 Å². The van der Waals surface area contributed by atoms with Crippen molar-refractivity contribution in [2.24, 2.45) is 5.73 Å². The highest BCUT2D eigenvalue weighted by molar-refractivity contribution is 5.90. The molecule has 1 heterocycles. The second-order valence-corrected chi connectivity index (χ2v) is 7.52. The highest BCUT2D eigenvalue weighted by Gasteiger charge is 2.46. The SMILES string of the molecule is CCOc1ccc(NC(=O)N2C(C)(C)CC(N)CC2(C)C)cc1. The van der Waals surface area contributed by atoms with E-state index in [9.17, 15) is 4.79 Å². The van der Waals surface area contributed by atoms with Crippen LogP contribution in [0.5, 0.6) is 5.75 Å². The number of ether oxygens (including phenoxy) is 1. The average Bonchev–Trinajstić information content (AvgIpc) is 2.37. The van der Waals surface area contributed by atoms with E-state index >= 15 is 0 Å². The molecular formula is C18H29N3O2. The second-order valence-electron chi connectivity index (χ2n) is 7.52. The third-order valence-electron chi connectivity index (χ3n) is 4.35. The maximum Gasteiger partial charge on any atom is 0.322 e. The largest absolute Gasteiger partial charge is 0.494 e. The molecule has 0 unspecified atom stereocenters. The summed E-state index contributed by atoms with van der Waals surface area (Å²) in [5.41, 5.74) is 6.38. The molecule has 0 aromatic heterocycles. The van der Waals surface area contributed by atoms with E-state index < -0.39 is 0 Å². The number of urea groups is 1. The molecule has 5 nitrogen and oxygen atoms in total. The number of piperidine rings is 1. The van der Waals surface area contributed by atoms with E-state index in [-0.39, 0.29) is 23.2 Å². The second kappa shape index (κ2) is 6.40. The molecule has 0 aliphatic carbocycles. The van der Waals surface area contributed by atoms with Gasteiger partial charge in [-0.25, -0.2) is 4.79 Å². The summed E-state index contributed by atoms with van der Waals surface area (Å²) in [6.45, 7) is 10.9. The van der Waals surface area contributed by atoms with Crippen molar-refractivity contribution in [3.8, 4) is 5.75 Å². The molecule has 0 atom stereocenters. The van der Waals surface area contributed by atoms with Crippen molar-refractivity contribution in [2.75, 3.05) is 11.9 Å². The maximum absolute atomic E-state index is 12.9. The Morgan fingerprint density at radius 2 is 1.74 bits per heavy atom. The molecule has 1 aromatic carbocycles. The minimum absolute atomic E-state index is 0.0870. The lowest BCUT2D eigenvalue weighted by Crippen LogP contribution is -2.66. The normalized spacial score (nSPS) is 20.2. The minimum Gasteiger partial charge on any atom is -0.494 e. The van der Waals surface area contributed by atoms with E-state index in [1.165, 1.54) is 0 Å². The molecule has 1 fully saturated rings. The smallest absolute Gasteiger partial charge is 0.322 e. The van der Waals surface area contributed by atoms with Crippen molar-refractivity contribution in [3.63, 3.8) is 0 Å². The van der Waals surface area contributed by atoms with Gasteiger partial charge in [0.1, 0.15) is 5.75 Å². The Balaban J connectivity index is 2.15. The molecule has 128 valence electrons. The zero-order valence-corrected chi connectivity index (χ0v) is 14.8. The van der Waals surface area contributed by atoms with Gasteiger partial charge in [0.25, 0.3) is 0 Å². The van der Waals surface area contributed by atoms with Gasteiger partial charge in [-0.3, -0.25) is 0 Å². The third kappa shape index (κ3) is 3.96. The van der Waals surface area contributed by atoms with Gasteiger partial charge in [-0.1, -0.05) is 0 Å². The molecule has 23 heavy (non-hydrogen) atoms. The van der Waals surface area contributed by atoms with E-state index in [4.69, 9.17) is 10.5 Å². The molecule has 1 aliphatic heterocycles. The third-order valence-corrected chi connectivity index (χ3v) is 4.35. The highest BCUT2D eigenvalue weighted by atomic mass is 16.5. The van der Waals surface area contributed by atoms with Gasteiger partial charge in [0, 0.05) is 22.8 Å². The zero-order chi connectivity index (χ0) is 17.3. The number of carbonyl (C=O) groups excluding carboxylic acids is 1. The lowest BCUT2D eigenvalue weighted by molar-refractivity contribution is 0.00876. The Morgan fingerprint density at radius 3 is 2.22 bits per heavy atom. The molecule has 3 N–H and O–H groups in total. The van der Waals surface area contributed by atoms with Crippen LogP contribution in [-0.4, -0.2) is 34.7 Å². The molecule has 0 spiro atoms. The summed E-state index contributed by atoms with van der Waals surface area (Å²) in [5.74, 6) is 0.801. The number of anilines is 1. The number of likely N-dealkylation sites (tertiary alicyclic amines) is 1. The van der Waals surface area contributed by atoms with Crippen molar-refractivity contribution >= 4 is 11.7 Å². The van der Waals surface area contributed by atoms with Crippen LogP contribution in [-0.2, 0) is 0 Å². The van der Waals surface area contributed by atoms with Crippen molar-refractivity contribution in [2.45, 2.75) is 64.6 Å². The molecule has 1 saturated heterocycles. The number of carbonyl (C=O) groups is 1. The topological polar surface area (TPSA) is 67.6 Å². The van der Waals surface area contributed by atoms with E-state index in [1.54, 1.807) is 0 Å². The Morgan fingerprint density at radius 1 is 1.22 bits per heavy atom. The monoisotopic (exact) mass is 319 g/mol. The van der Waals surface area contributed by atoms with Crippen LogP contribution in [0.1, 0.15) is 47.5 Å². The number of hydrogen-bond donors (Lipinski definition) is 2. The fourth-order valence-electron chi connectivity index (χ4n) is 3.89. The van der Waals surface area contributed by atoms with Gasteiger partial charge in [-0.2, -0.15) is 0 Å². The summed E-state index contributed by atoms with van der Waals surface area (Å²) in [6.07, 6.45) is 1.60. The van der Waals surface area contributed by atoms with Gasteiger partial charge in [-0.05, 0) is 71.7 Å². The zero-order valence-electron chi connectivity index (χ0n) is 14.8. The predicted molar refractivity (Wildman–Crippen MR) is 93.8 cm³/mol. The Kier molecular flexibility index (Phi) is 4.90. The molecule has 0 bridgehead atoms. The fourth-order valence-corrected chi connectivity index (χ4v) is 3.89. The van der Waals surface area contributed by atoms with Crippen LogP contribution in [0, 0.1) is 0 Å². The average molecular weight is 319 g/mol. The summed E-state index contributed by atoms with van der Waals surface area (Å²) in [4.78, 5) is 14.8. The lowest BCUT2D eigenvalue weighted by atomic mass is 9.77. The molecule has 2 rings (SSSR count). The number of hydrogen-bond acceptors (Lipinski definition) is 3. The number of nitrogens with one attached hydrogen (secondary N) is 1. The fraction of sp³-hybridized carbons (Fsp3) is 0.611. The minimum atomic E-state index is -0.281. The van der Waals surface area contributed by atoms with Gasteiger partial charge in [0.05, 0.1) is 6.61 Å². The Hall–Kier alpha value is -1.75. The van der Waals surface area contributed by atoms with Gasteiger partial charge in [-0.15, -0.1) is 0 Å². The van der Waals surface area contributed by atoms with Crippen LogP contribution in [0.3, 0.4) is 0 Å². The summed E-state index contributed by atoms with van der Waals surface area (Å²) < 4.78 is 5.42. The van der Waals surface area contributed by atoms with Gasteiger partial charge in [0.2, 0.25) is 0 Å². The Bertz CT molecular complexity index is 534. The van der Waals surface area contributed by atoms with Gasteiger partial charge in [0.15, 0.2) is 0 Å². The molecular weight excluding hydrogens is 290 g/mol. The van der Waals surface area contributed by atoms with Gasteiger partial charge < -0.3 is 20.7 Å². The lowest BCUT2D eigenvalue weighted by Gasteiger charge is -2.54. The predicted octanol–water partition coefficient (Wildman–Crippen LogP) is 3.60. The quantitative estimate of drug-likeness (QED) is 0.894. The standard InChI is InChI=1S/C18H29N3O2/c1-6-23-15-9-7-14(8-10-15)20-16(22)21-17(2,3)11-13(19)12-18(21,4)5/h7-10,13H,6,11-12,19H2,1-5H3,(H,20,22). The number of amides is 2. The molecule has 2 amide bonds. The van der Waals surface area contributed by atoms with E-state index in [2.05, 4.69) is 33.0 Å². The first kappa shape index (κ1) is 17.6. The summed E-state index contributed by atoms with van der Waals surface area (Å²) in [7, 11) is 0. The maximum atomic E-state index is 12.9. The number of rotatable bonds is 3. The van der Waals surface area contributed by atoms with Crippen LogP contribution in [0.2, 0.25) is 0 Å². The van der Waals surface area contributed by atoms with E-state index in [0.29, 0.717) is 6.61 Å². The molecule has 5 heteroatoms. The molecule has 0 radical (unpaired) electrons.